The molecule has 0 radical (unpaired) electrons. The lowest BCUT2D eigenvalue weighted by molar-refractivity contribution is 0.0951. The fourth-order valence-corrected chi connectivity index (χ4v) is 1.78. The number of carbonyl (C=O) groups excluding carboxylic acids is 1. The fourth-order valence-electron chi connectivity index (χ4n) is 1.78. The second kappa shape index (κ2) is 6.66. The minimum atomic E-state index is -0.0976. The van der Waals surface area contributed by atoms with Crippen LogP contribution in [0, 0.1) is 0 Å². The quantitative estimate of drug-likeness (QED) is 0.891. The van der Waals surface area contributed by atoms with Gasteiger partial charge in [0.05, 0.1) is 6.61 Å². The molecular formula is C15H16N2O2. The van der Waals surface area contributed by atoms with Crippen molar-refractivity contribution in [2.24, 2.45) is 0 Å². The number of hydrogen-bond donors (Lipinski definition) is 1. The van der Waals surface area contributed by atoms with E-state index in [9.17, 15) is 4.79 Å². The highest BCUT2D eigenvalue weighted by Crippen LogP contribution is 2.06. The van der Waals surface area contributed by atoms with E-state index in [1.807, 2.05) is 24.3 Å². The molecule has 0 unspecified atom stereocenters. The van der Waals surface area contributed by atoms with Gasteiger partial charge in [-0.3, -0.25) is 9.78 Å². The molecule has 1 N–H and O–H groups in total. The summed E-state index contributed by atoms with van der Waals surface area (Å²) in [6.07, 6.45) is 3.21. The number of pyridine rings is 1. The molecule has 0 aliphatic carbocycles. The predicted molar refractivity (Wildman–Crippen MR) is 72.6 cm³/mol. The molecule has 0 aliphatic rings. The molecule has 0 saturated heterocycles. The number of ether oxygens (including phenoxy) is 1. The molecule has 1 heterocycles. The Morgan fingerprint density at radius 1 is 1.21 bits per heavy atom. The van der Waals surface area contributed by atoms with E-state index in [-0.39, 0.29) is 5.91 Å². The Morgan fingerprint density at radius 2 is 1.95 bits per heavy atom. The molecule has 0 saturated carbocycles. The Bertz CT molecular complexity index is 541. The first-order valence-electron chi connectivity index (χ1n) is 6.04. The standard InChI is InChI=1S/C15H16N2O2/c1-19-11-13-4-2-3-12(9-13)10-17-15(18)14-5-7-16-8-6-14/h2-9H,10-11H2,1H3,(H,17,18). The smallest absolute Gasteiger partial charge is 0.251 e. The van der Waals surface area contributed by atoms with Crippen molar-refractivity contribution < 1.29 is 9.53 Å². The van der Waals surface area contributed by atoms with Gasteiger partial charge in [0.1, 0.15) is 0 Å². The monoisotopic (exact) mass is 256 g/mol. The van der Waals surface area contributed by atoms with Crippen LogP contribution in [0.3, 0.4) is 0 Å². The molecule has 0 atom stereocenters. The van der Waals surface area contributed by atoms with E-state index in [0.29, 0.717) is 18.7 Å². The van der Waals surface area contributed by atoms with E-state index in [1.165, 1.54) is 0 Å². The third kappa shape index (κ3) is 3.89. The average Bonchev–Trinajstić information content (AvgIpc) is 2.46. The summed E-state index contributed by atoms with van der Waals surface area (Å²) in [5.74, 6) is -0.0976. The van der Waals surface area contributed by atoms with Crippen LogP contribution in [0.2, 0.25) is 0 Å². The van der Waals surface area contributed by atoms with Gasteiger partial charge in [-0.05, 0) is 23.3 Å². The first-order chi connectivity index (χ1) is 9.29. The zero-order valence-electron chi connectivity index (χ0n) is 10.8. The van der Waals surface area contributed by atoms with E-state index in [4.69, 9.17) is 4.74 Å². The van der Waals surface area contributed by atoms with Crippen LogP contribution in [-0.4, -0.2) is 18.0 Å². The van der Waals surface area contributed by atoms with Crippen LogP contribution in [-0.2, 0) is 17.9 Å². The average molecular weight is 256 g/mol. The molecular weight excluding hydrogens is 240 g/mol. The molecule has 0 bridgehead atoms. The van der Waals surface area contributed by atoms with Crippen LogP contribution in [0.4, 0.5) is 0 Å². The molecule has 1 aromatic heterocycles. The van der Waals surface area contributed by atoms with Gasteiger partial charge in [-0.2, -0.15) is 0 Å². The molecule has 1 aromatic carbocycles. The van der Waals surface area contributed by atoms with Crippen LogP contribution >= 0.6 is 0 Å². The number of carbonyl (C=O) groups is 1. The maximum absolute atomic E-state index is 11.9. The molecule has 2 aromatic rings. The second-order valence-electron chi connectivity index (χ2n) is 4.17. The Morgan fingerprint density at radius 3 is 2.68 bits per heavy atom. The van der Waals surface area contributed by atoms with Gasteiger partial charge >= 0.3 is 0 Å². The normalized spacial score (nSPS) is 10.2. The molecule has 2 rings (SSSR count). The van der Waals surface area contributed by atoms with Crippen molar-refractivity contribution in [3.63, 3.8) is 0 Å². The number of hydrogen-bond acceptors (Lipinski definition) is 3. The summed E-state index contributed by atoms with van der Waals surface area (Å²) in [6.45, 7) is 1.07. The third-order valence-corrected chi connectivity index (χ3v) is 2.70. The first-order valence-corrected chi connectivity index (χ1v) is 6.04. The van der Waals surface area contributed by atoms with Crippen LogP contribution in [0.15, 0.2) is 48.8 Å². The highest BCUT2D eigenvalue weighted by atomic mass is 16.5. The van der Waals surface area contributed by atoms with Crippen molar-refractivity contribution in [2.45, 2.75) is 13.2 Å². The second-order valence-corrected chi connectivity index (χ2v) is 4.17. The summed E-state index contributed by atoms with van der Waals surface area (Å²) in [6, 6.07) is 11.3. The molecule has 4 nitrogen and oxygen atoms in total. The molecule has 98 valence electrons. The molecule has 4 heteroatoms. The Hall–Kier alpha value is -2.20. The number of aromatic nitrogens is 1. The molecule has 1 amide bonds. The van der Waals surface area contributed by atoms with Crippen molar-refractivity contribution in [1.82, 2.24) is 10.3 Å². The van der Waals surface area contributed by atoms with Crippen LogP contribution in [0.25, 0.3) is 0 Å². The number of rotatable bonds is 5. The minimum absolute atomic E-state index is 0.0976. The van der Waals surface area contributed by atoms with E-state index in [1.54, 1.807) is 31.6 Å². The largest absolute Gasteiger partial charge is 0.380 e. The van der Waals surface area contributed by atoms with Gasteiger partial charge < -0.3 is 10.1 Å². The van der Waals surface area contributed by atoms with Crippen molar-refractivity contribution in [3.05, 3.63) is 65.5 Å². The van der Waals surface area contributed by atoms with E-state index in [2.05, 4.69) is 10.3 Å². The van der Waals surface area contributed by atoms with E-state index < -0.39 is 0 Å². The molecule has 0 spiro atoms. The summed E-state index contributed by atoms with van der Waals surface area (Å²) < 4.78 is 5.08. The zero-order chi connectivity index (χ0) is 13.5. The van der Waals surface area contributed by atoms with Gasteiger partial charge in [0.2, 0.25) is 0 Å². The topological polar surface area (TPSA) is 51.2 Å². The highest BCUT2D eigenvalue weighted by molar-refractivity contribution is 5.93. The fraction of sp³-hybridized carbons (Fsp3) is 0.200. The van der Waals surface area contributed by atoms with Gasteiger partial charge in [-0.15, -0.1) is 0 Å². The zero-order valence-corrected chi connectivity index (χ0v) is 10.8. The maximum atomic E-state index is 11.9. The van der Waals surface area contributed by atoms with E-state index >= 15 is 0 Å². The summed E-state index contributed by atoms with van der Waals surface area (Å²) in [5, 5.41) is 2.88. The van der Waals surface area contributed by atoms with Gasteiger partial charge in [0.15, 0.2) is 0 Å². The number of amides is 1. The Balaban J connectivity index is 1.95. The first kappa shape index (κ1) is 13.2. The van der Waals surface area contributed by atoms with Crippen molar-refractivity contribution >= 4 is 5.91 Å². The Labute approximate surface area is 112 Å². The lowest BCUT2D eigenvalue weighted by Gasteiger charge is -2.07. The van der Waals surface area contributed by atoms with Crippen molar-refractivity contribution in [2.75, 3.05) is 7.11 Å². The summed E-state index contributed by atoms with van der Waals surface area (Å²) >= 11 is 0. The number of nitrogens with one attached hydrogen (secondary N) is 1. The maximum Gasteiger partial charge on any atom is 0.251 e. The lowest BCUT2D eigenvalue weighted by atomic mass is 10.1. The molecule has 19 heavy (non-hydrogen) atoms. The molecule has 0 aliphatic heterocycles. The SMILES string of the molecule is COCc1cccc(CNC(=O)c2ccncc2)c1. The van der Waals surface area contributed by atoms with Gasteiger partial charge in [-0.25, -0.2) is 0 Å². The lowest BCUT2D eigenvalue weighted by Crippen LogP contribution is -2.22. The van der Waals surface area contributed by atoms with Crippen LogP contribution in [0.1, 0.15) is 21.5 Å². The predicted octanol–water partition coefficient (Wildman–Crippen LogP) is 2.16. The third-order valence-electron chi connectivity index (χ3n) is 2.70. The van der Waals surface area contributed by atoms with Gasteiger partial charge in [0, 0.05) is 31.6 Å². The van der Waals surface area contributed by atoms with Crippen LogP contribution in [0.5, 0.6) is 0 Å². The summed E-state index contributed by atoms with van der Waals surface area (Å²) in [4.78, 5) is 15.7. The molecule has 0 fully saturated rings. The summed E-state index contributed by atoms with van der Waals surface area (Å²) in [5.41, 5.74) is 2.76. The number of benzene rings is 1. The van der Waals surface area contributed by atoms with E-state index in [0.717, 1.165) is 11.1 Å². The number of methoxy groups -OCH3 is 1. The number of nitrogens with zero attached hydrogens (tertiary/aromatic N) is 1. The summed E-state index contributed by atoms with van der Waals surface area (Å²) in [7, 11) is 1.66. The van der Waals surface area contributed by atoms with Crippen LogP contribution < -0.4 is 5.32 Å². The highest BCUT2D eigenvalue weighted by Gasteiger charge is 2.04. The van der Waals surface area contributed by atoms with Gasteiger partial charge in [0.25, 0.3) is 5.91 Å². The van der Waals surface area contributed by atoms with Crippen molar-refractivity contribution in [3.8, 4) is 0 Å². The van der Waals surface area contributed by atoms with Gasteiger partial charge in [-0.1, -0.05) is 24.3 Å². The van der Waals surface area contributed by atoms with Crippen molar-refractivity contribution in [1.29, 1.82) is 0 Å². The Kier molecular flexibility index (Phi) is 4.64. The minimum Gasteiger partial charge on any atom is -0.380 e.